The van der Waals surface area contributed by atoms with Gasteiger partial charge in [-0.3, -0.25) is 0 Å². The summed E-state index contributed by atoms with van der Waals surface area (Å²) in [5.41, 5.74) is 2.08. The van der Waals surface area contributed by atoms with E-state index in [2.05, 4.69) is 27.3 Å². The van der Waals surface area contributed by atoms with Crippen molar-refractivity contribution in [3.05, 3.63) is 56.5 Å². The molecule has 0 radical (unpaired) electrons. The smallest absolute Gasteiger partial charge is 0.125 e. The number of hydrogen-bond donors (Lipinski definition) is 1. The lowest BCUT2D eigenvalue weighted by atomic mass is 10.0. The van der Waals surface area contributed by atoms with Crippen LogP contribution in [-0.2, 0) is 0 Å². The van der Waals surface area contributed by atoms with Crippen molar-refractivity contribution in [1.29, 1.82) is 0 Å². The molecule has 0 fully saturated rings. The highest BCUT2D eigenvalue weighted by Crippen LogP contribution is 2.36. The van der Waals surface area contributed by atoms with Gasteiger partial charge in [0.2, 0.25) is 0 Å². The molecular weight excluding hydrogens is 373 g/mol. The maximum Gasteiger partial charge on any atom is 0.125 e. The summed E-state index contributed by atoms with van der Waals surface area (Å²) in [4.78, 5) is 0. The number of fused-ring (bicyclic) bond motifs is 1. The molecule has 0 bridgehead atoms. The fraction of sp³-hybridized carbons (Fsp3) is 0.250. The third-order valence-electron chi connectivity index (χ3n) is 3.45. The zero-order chi connectivity index (χ0) is 14.8. The Morgan fingerprint density at radius 2 is 1.86 bits per heavy atom. The molecule has 21 heavy (non-hydrogen) atoms. The molecule has 0 aromatic heterocycles. The van der Waals surface area contributed by atoms with Gasteiger partial charge in [-0.1, -0.05) is 45.2 Å². The molecule has 1 aliphatic heterocycles. The van der Waals surface area contributed by atoms with Gasteiger partial charge >= 0.3 is 0 Å². The van der Waals surface area contributed by atoms with Gasteiger partial charge in [0.1, 0.15) is 5.75 Å². The minimum Gasteiger partial charge on any atom is -0.493 e. The minimum absolute atomic E-state index is 0.185. The Balaban J connectivity index is 1.91. The third-order valence-corrected chi connectivity index (χ3v) is 4.38. The van der Waals surface area contributed by atoms with E-state index in [1.807, 2.05) is 24.3 Å². The predicted molar refractivity (Wildman–Crippen MR) is 91.7 cm³/mol. The van der Waals surface area contributed by atoms with Crippen LogP contribution in [0.4, 0.5) is 5.69 Å². The molecule has 0 saturated carbocycles. The molecule has 0 saturated heterocycles. The fourth-order valence-corrected chi connectivity index (χ4v) is 3.40. The Morgan fingerprint density at radius 1 is 1.10 bits per heavy atom. The Hall–Kier alpha value is -0.900. The van der Waals surface area contributed by atoms with Crippen molar-refractivity contribution in [3.63, 3.8) is 0 Å². The van der Waals surface area contributed by atoms with E-state index >= 15 is 0 Å². The largest absolute Gasteiger partial charge is 0.493 e. The summed E-state index contributed by atoms with van der Waals surface area (Å²) in [5.74, 6) is 0.924. The molecule has 1 heterocycles. The van der Waals surface area contributed by atoms with Crippen LogP contribution in [0.1, 0.15) is 24.4 Å². The first-order chi connectivity index (χ1) is 10.1. The monoisotopic (exact) mass is 385 g/mol. The van der Waals surface area contributed by atoms with Gasteiger partial charge in [-0.05, 0) is 43.2 Å². The number of hydrogen-bond acceptors (Lipinski definition) is 2. The fourth-order valence-electron chi connectivity index (χ4n) is 2.53. The van der Waals surface area contributed by atoms with Gasteiger partial charge in [0.05, 0.1) is 12.6 Å². The topological polar surface area (TPSA) is 21.3 Å². The number of anilines is 1. The van der Waals surface area contributed by atoms with Crippen molar-refractivity contribution in [2.45, 2.75) is 18.9 Å². The van der Waals surface area contributed by atoms with Gasteiger partial charge in [0.25, 0.3) is 0 Å². The molecule has 110 valence electrons. The number of rotatable bonds is 2. The molecule has 0 amide bonds. The molecule has 0 spiro atoms. The van der Waals surface area contributed by atoms with Gasteiger partial charge in [0.15, 0.2) is 0 Å². The van der Waals surface area contributed by atoms with Crippen molar-refractivity contribution in [2.24, 2.45) is 0 Å². The van der Waals surface area contributed by atoms with Crippen LogP contribution in [0.2, 0.25) is 10.0 Å². The molecule has 2 nitrogen and oxygen atoms in total. The van der Waals surface area contributed by atoms with E-state index in [0.717, 1.165) is 40.9 Å². The lowest BCUT2D eigenvalue weighted by Crippen LogP contribution is -2.10. The van der Waals surface area contributed by atoms with E-state index in [1.165, 1.54) is 0 Å². The normalized spacial score (nSPS) is 17.6. The first-order valence-corrected chi connectivity index (χ1v) is 8.31. The number of benzene rings is 2. The third kappa shape index (κ3) is 3.65. The van der Waals surface area contributed by atoms with E-state index in [0.29, 0.717) is 10.0 Å². The average Bonchev–Trinajstić information content (AvgIpc) is 2.60. The molecule has 1 aliphatic rings. The lowest BCUT2D eigenvalue weighted by Gasteiger charge is -2.20. The highest BCUT2D eigenvalue weighted by atomic mass is 79.9. The number of halogens is 3. The van der Waals surface area contributed by atoms with E-state index in [1.54, 1.807) is 6.07 Å². The molecular formula is C16H14BrCl2NO. The molecule has 3 rings (SSSR count). The quantitative estimate of drug-likeness (QED) is 0.674. The summed E-state index contributed by atoms with van der Waals surface area (Å²) in [6.07, 6.45) is 2.00. The first-order valence-electron chi connectivity index (χ1n) is 6.77. The van der Waals surface area contributed by atoms with Crippen molar-refractivity contribution < 1.29 is 4.74 Å². The summed E-state index contributed by atoms with van der Waals surface area (Å²) < 4.78 is 6.84. The Kier molecular flexibility index (Phi) is 4.63. The SMILES string of the molecule is Clc1cc(Cl)cc(NC2CCCOc3cc(Br)ccc32)c1. The lowest BCUT2D eigenvalue weighted by molar-refractivity contribution is 0.316. The molecule has 0 aliphatic carbocycles. The van der Waals surface area contributed by atoms with E-state index in [4.69, 9.17) is 27.9 Å². The van der Waals surface area contributed by atoms with Gasteiger partial charge in [-0.15, -0.1) is 0 Å². The van der Waals surface area contributed by atoms with E-state index in [-0.39, 0.29) is 6.04 Å². The minimum atomic E-state index is 0.185. The van der Waals surface area contributed by atoms with Crippen LogP contribution in [0, 0.1) is 0 Å². The second kappa shape index (κ2) is 6.47. The van der Waals surface area contributed by atoms with Crippen LogP contribution in [0.5, 0.6) is 5.75 Å². The van der Waals surface area contributed by atoms with E-state index < -0.39 is 0 Å². The molecule has 2 aromatic carbocycles. The van der Waals surface area contributed by atoms with Crippen molar-refractivity contribution >= 4 is 44.8 Å². The summed E-state index contributed by atoms with van der Waals surface area (Å²) in [5, 5.41) is 4.77. The Morgan fingerprint density at radius 3 is 2.62 bits per heavy atom. The molecule has 2 aromatic rings. The van der Waals surface area contributed by atoms with Gasteiger partial charge in [0, 0.05) is 25.8 Å². The van der Waals surface area contributed by atoms with Crippen LogP contribution in [-0.4, -0.2) is 6.61 Å². The standard InChI is InChI=1S/C16H14BrCl2NO/c17-10-3-4-14-15(2-1-5-21-16(14)6-10)20-13-8-11(18)7-12(19)9-13/h3-4,6-9,15,20H,1-2,5H2. The van der Waals surface area contributed by atoms with Gasteiger partial charge in [-0.2, -0.15) is 0 Å². The predicted octanol–water partition coefficient (Wildman–Crippen LogP) is 6.08. The zero-order valence-corrected chi connectivity index (χ0v) is 14.3. The highest BCUT2D eigenvalue weighted by molar-refractivity contribution is 9.10. The molecule has 1 atom stereocenters. The van der Waals surface area contributed by atoms with Gasteiger partial charge in [-0.25, -0.2) is 0 Å². The highest BCUT2D eigenvalue weighted by Gasteiger charge is 2.20. The molecule has 1 unspecified atom stereocenters. The van der Waals surface area contributed by atoms with Crippen LogP contribution in [0.3, 0.4) is 0 Å². The summed E-state index contributed by atoms with van der Waals surface area (Å²) in [7, 11) is 0. The summed E-state index contributed by atoms with van der Waals surface area (Å²) in [6, 6.07) is 11.8. The Bertz CT molecular complexity index is 642. The van der Waals surface area contributed by atoms with Crippen LogP contribution in [0.25, 0.3) is 0 Å². The molecule has 1 N–H and O–H groups in total. The maximum atomic E-state index is 6.07. The second-order valence-corrected chi connectivity index (χ2v) is 6.82. The van der Waals surface area contributed by atoms with E-state index in [9.17, 15) is 0 Å². The van der Waals surface area contributed by atoms with Crippen LogP contribution < -0.4 is 10.1 Å². The first kappa shape index (κ1) is 15.0. The van der Waals surface area contributed by atoms with Crippen LogP contribution >= 0.6 is 39.1 Å². The number of nitrogens with one attached hydrogen (secondary N) is 1. The van der Waals surface area contributed by atoms with Gasteiger partial charge < -0.3 is 10.1 Å². The maximum absolute atomic E-state index is 6.07. The van der Waals surface area contributed by atoms with Crippen molar-refractivity contribution in [1.82, 2.24) is 0 Å². The zero-order valence-electron chi connectivity index (χ0n) is 11.2. The molecule has 5 heteroatoms. The van der Waals surface area contributed by atoms with Crippen LogP contribution in [0.15, 0.2) is 40.9 Å². The summed E-state index contributed by atoms with van der Waals surface area (Å²) >= 11 is 15.6. The van der Waals surface area contributed by atoms with Crippen molar-refractivity contribution in [2.75, 3.05) is 11.9 Å². The average molecular weight is 387 g/mol. The second-order valence-electron chi connectivity index (χ2n) is 5.03. The number of ether oxygens (including phenoxy) is 1. The summed E-state index contributed by atoms with van der Waals surface area (Å²) in [6.45, 7) is 0.734. The Labute approximate surface area is 142 Å². The van der Waals surface area contributed by atoms with Crippen molar-refractivity contribution in [3.8, 4) is 5.75 Å².